The Kier molecular flexibility index (Phi) is 8.97. The molecule has 0 aliphatic heterocycles. The van der Waals surface area contributed by atoms with Gasteiger partial charge in [-0.3, -0.25) is 9.59 Å². The maximum atomic E-state index is 12.6. The van der Waals surface area contributed by atoms with Crippen LogP contribution in [0.2, 0.25) is 0 Å². The minimum Gasteiger partial charge on any atom is -0.353 e. The summed E-state index contributed by atoms with van der Waals surface area (Å²) in [6, 6.07) is 7.06. The van der Waals surface area contributed by atoms with Crippen molar-refractivity contribution in [1.29, 1.82) is 0 Å². The van der Waals surface area contributed by atoms with Gasteiger partial charge in [0, 0.05) is 18.7 Å². The molecule has 0 heterocycles. The zero-order valence-corrected chi connectivity index (χ0v) is 18.1. The SMILES string of the molecule is CCN(CC)CCNC(=O)C(NC(=O)c1ccc(C(C)(C)C)cc1)C(C)C. The van der Waals surface area contributed by atoms with Gasteiger partial charge in [0.2, 0.25) is 5.91 Å². The van der Waals surface area contributed by atoms with Crippen molar-refractivity contribution in [2.75, 3.05) is 26.2 Å². The first kappa shape index (κ1) is 23.2. The summed E-state index contributed by atoms with van der Waals surface area (Å²) in [5.41, 5.74) is 1.79. The maximum absolute atomic E-state index is 12.6. The van der Waals surface area contributed by atoms with E-state index in [4.69, 9.17) is 0 Å². The topological polar surface area (TPSA) is 61.4 Å². The van der Waals surface area contributed by atoms with Crippen molar-refractivity contribution in [3.05, 3.63) is 35.4 Å². The summed E-state index contributed by atoms with van der Waals surface area (Å²) in [7, 11) is 0. The Balaban J connectivity index is 2.70. The molecule has 0 saturated heterocycles. The van der Waals surface area contributed by atoms with E-state index in [1.165, 1.54) is 5.56 Å². The van der Waals surface area contributed by atoms with Crippen molar-refractivity contribution in [2.24, 2.45) is 5.92 Å². The predicted octanol–water partition coefficient (Wildman–Crippen LogP) is 3.20. The second-order valence-electron chi connectivity index (χ2n) is 8.34. The number of hydrogen-bond donors (Lipinski definition) is 2. The largest absolute Gasteiger partial charge is 0.353 e. The van der Waals surface area contributed by atoms with Crippen molar-refractivity contribution in [1.82, 2.24) is 15.5 Å². The van der Waals surface area contributed by atoms with E-state index in [1.54, 1.807) is 0 Å². The average molecular weight is 376 g/mol. The molecule has 0 fully saturated rings. The van der Waals surface area contributed by atoms with Gasteiger partial charge in [0.25, 0.3) is 5.91 Å². The van der Waals surface area contributed by atoms with Gasteiger partial charge in [-0.15, -0.1) is 0 Å². The summed E-state index contributed by atoms with van der Waals surface area (Å²) >= 11 is 0. The molecule has 1 aromatic carbocycles. The van der Waals surface area contributed by atoms with Gasteiger partial charge in [0.05, 0.1) is 0 Å². The predicted molar refractivity (Wildman–Crippen MR) is 112 cm³/mol. The Hall–Kier alpha value is -1.88. The third kappa shape index (κ3) is 7.33. The molecular weight excluding hydrogens is 338 g/mol. The Labute approximate surface area is 164 Å². The highest BCUT2D eigenvalue weighted by atomic mass is 16.2. The minimum absolute atomic E-state index is 0.0104. The lowest BCUT2D eigenvalue weighted by molar-refractivity contribution is -0.124. The molecule has 0 aliphatic rings. The lowest BCUT2D eigenvalue weighted by atomic mass is 9.86. The molecule has 1 atom stereocenters. The second kappa shape index (κ2) is 10.5. The van der Waals surface area contributed by atoms with Gasteiger partial charge < -0.3 is 15.5 Å². The fraction of sp³-hybridized carbons (Fsp3) is 0.636. The fourth-order valence-electron chi connectivity index (χ4n) is 2.87. The number of amides is 2. The van der Waals surface area contributed by atoms with Crippen molar-refractivity contribution in [2.45, 2.75) is 59.9 Å². The number of benzene rings is 1. The molecule has 5 heteroatoms. The highest BCUT2D eigenvalue weighted by Gasteiger charge is 2.24. The molecule has 0 saturated carbocycles. The number of hydrogen-bond acceptors (Lipinski definition) is 3. The van der Waals surface area contributed by atoms with Crippen LogP contribution in [-0.4, -0.2) is 48.9 Å². The van der Waals surface area contributed by atoms with E-state index >= 15 is 0 Å². The van der Waals surface area contributed by atoms with Crippen LogP contribution in [-0.2, 0) is 10.2 Å². The normalized spacial score (nSPS) is 12.9. The van der Waals surface area contributed by atoms with Crippen LogP contribution >= 0.6 is 0 Å². The van der Waals surface area contributed by atoms with Crippen LogP contribution < -0.4 is 10.6 Å². The molecule has 27 heavy (non-hydrogen) atoms. The Bertz CT molecular complexity index is 599. The van der Waals surface area contributed by atoms with E-state index in [1.807, 2.05) is 38.1 Å². The molecule has 2 amide bonds. The highest BCUT2D eigenvalue weighted by Crippen LogP contribution is 2.22. The van der Waals surface area contributed by atoms with E-state index in [0.717, 1.165) is 19.6 Å². The van der Waals surface area contributed by atoms with Gasteiger partial charge in [-0.1, -0.05) is 60.6 Å². The van der Waals surface area contributed by atoms with Gasteiger partial charge >= 0.3 is 0 Å². The molecule has 5 nitrogen and oxygen atoms in total. The Morgan fingerprint density at radius 1 is 1.04 bits per heavy atom. The third-order valence-corrected chi connectivity index (χ3v) is 4.87. The quantitative estimate of drug-likeness (QED) is 0.697. The molecule has 0 aliphatic carbocycles. The van der Waals surface area contributed by atoms with Crippen molar-refractivity contribution in [3.63, 3.8) is 0 Å². The molecule has 1 aromatic rings. The van der Waals surface area contributed by atoms with Crippen LogP contribution in [0.25, 0.3) is 0 Å². The van der Waals surface area contributed by atoms with Crippen LogP contribution in [0.4, 0.5) is 0 Å². The fourth-order valence-corrected chi connectivity index (χ4v) is 2.87. The maximum Gasteiger partial charge on any atom is 0.251 e. The van der Waals surface area contributed by atoms with E-state index < -0.39 is 6.04 Å². The van der Waals surface area contributed by atoms with Gasteiger partial charge in [-0.25, -0.2) is 0 Å². The van der Waals surface area contributed by atoms with Crippen LogP contribution in [0.15, 0.2) is 24.3 Å². The number of rotatable bonds is 9. The van der Waals surface area contributed by atoms with Gasteiger partial charge in [0.15, 0.2) is 0 Å². The third-order valence-electron chi connectivity index (χ3n) is 4.87. The number of carbonyl (C=O) groups excluding carboxylic acids is 2. The van der Waals surface area contributed by atoms with Crippen LogP contribution in [0.1, 0.15) is 64.4 Å². The molecule has 2 N–H and O–H groups in total. The van der Waals surface area contributed by atoms with Gasteiger partial charge in [-0.2, -0.15) is 0 Å². The highest BCUT2D eigenvalue weighted by molar-refractivity contribution is 5.97. The van der Waals surface area contributed by atoms with Crippen molar-refractivity contribution >= 4 is 11.8 Å². The number of nitrogens with one attached hydrogen (secondary N) is 2. The van der Waals surface area contributed by atoms with E-state index in [2.05, 4.69) is 50.2 Å². The average Bonchev–Trinajstić information content (AvgIpc) is 2.62. The van der Waals surface area contributed by atoms with Crippen molar-refractivity contribution < 1.29 is 9.59 Å². The molecular formula is C22H37N3O2. The van der Waals surface area contributed by atoms with Crippen LogP contribution in [0.5, 0.6) is 0 Å². The summed E-state index contributed by atoms with van der Waals surface area (Å²) in [5.74, 6) is -0.332. The molecule has 0 bridgehead atoms. The smallest absolute Gasteiger partial charge is 0.251 e. The molecule has 0 radical (unpaired) electrons. The second-order valence-corrected chi connectivity index (χ2v) is 8.34. The first-order chi connectivity index (χ1) is 12.6. The minimum atomic E-state index is -0.545. The molecule has 1 unspecified atom stereocenters. The summed E-state index contributed by atoms with van der Waals surface area (Å²) in [6.45, 7) is 17.8. The molecule has 1 rings (SSSR count). The zero-order chi connectivity index (χ0) is 20.6. The van der Waals surface area contributed by atoms with E-state index in [-0.39, 0.29) is 23.1 Å². The number of nitrogens with zero attached hydrogens (tertiary/aromatic N) is 1. The molecule has 0 spiro atoms. The van der Waals surface area contributed by atoms with E-state index in [9.17, 15) is 9.59 Å². The number of likely N-dealkylation sites (N-methyl/N-ethyl adjacent to an activating group) is 1. The molecule has 152 valence electrons. The van der Waals surface area contributed by atoms with Crippen molar-refractivity contribution in [3.8, 4) is 0 Å². The Morgan fingerprint density at radius 3 is 2.04 bits per heavy atom. The zero-order valence-electron chi connectivity index (χ0n) is 18.1. The Morgan fingerprint density at radius 2 is 1.59 bits per heavy atom. The lowest BCUT2D eigenvalue weighted by Crippen LogP contribution is -2.50. The first-order valence-corrected chi connectivity index (χ1v) is 10.0. The first-order valence-electron chi connectivity index (χ1n) is 10.0. The number of carbonyl (C=O) groups is 2. The summed E-state index contributed by atoms with van der Waals surface area (Å²) in [6.07, 6.45) is 0. The standard InChI is InChI=1S/C22H37N3O2/c1-8-25(9-2)15-14-23-21(27)19(16(3)4)24-20(26)17-10-12-18(13-11-17)22(5,6)7/h10-13,16,19H,8-9,14-15H2,1-7H3,(H,23,27)(H,24,26). The lowest BCUT2D eigenvalue weighted by Gasteiger charge is -2.24. The van der Waals surface area contributed by atoms with E-state index in [0.29, 0.717) is 12.1 Å². The summed E-state index contributed by atoms with van der Waals surface area (Å²) in [4.78, 5) is 27.4. The van der Waals surface area contributed by atoms with Crippen LogP contribution in [0.3, 0.4) is 0 Å². The van der Waals surface area contributed by atoms with Gasteiger partial charge in [-0.05, 0) is 42.1 Å². The van der Waals surface area contributed by atoms with Gasteiger partial charge in [0.1, 0.15) is 6.04 Å². The van der Waals surface area contributed by atoms with Crippen LogP contribution in [0, 0.1) is 5.92 Å². The summed E-state index contributed by atoms with van der Waals surface area (Å²) < 4.78 is 0. The summed E-state index contributed by atoms with van der Waals surface area (Å²) in [5, 5.41) is 5.85. The molecule has 0 aromatic heterocycles. The monoisotopic (exact) mass is 375 g/mol.